The maximum atomic E-state index is 6.29. The molecule has 0 aromatic carbocycles. The van der Waals surface area contributed by atoms with Crippen molar-refractivity contribution < 1.29 is 0 Å². The Morgan fingerprint density at radius 2 is 1.88 bits per heavy atom. The van der Waals surface area contributed by atoms with E-state index in [2.05, 4.69) is 11.8 Å². The molecule has 2 nitrogen and oxygen atoms in total. The first-order valence-corrected chi connectivity index (χ1v) is 7.73. The topological polar surface area (TPSA) is 29.3 Å². The molecule has 98 valence electrons. The predicted molar refractivity (Wildman–Crippen MR) is 71.8 cm³/mol. The van der Waals surface area contributed by atoms with E-state index in [1.807, 2.05) is 0 Å². The lowest BCUT2D eigenvalue weighted by molar-refractivity contribution is 0.174. The second-order valence-electron chi connectivity index (χ2n) is 6.85. The smallest absolute Gasteiger partial charge is 0.00825 e. The molecule has 1 saturated heterocycles. The van der Waals surface area contributed by atoms with E-state index in [9.17, 15) is 0 Å². The summed E-state index contributed by atoms with van der Waals surface area (Å²) in [6, 6.07) is 1.30. The molecule has 1 aliphatic heterocycles. The maximum Gasteiger partial charge on any atom is 0.00825 e. The first kappa shape index (κ1) is 12.0. The first-order chi connectivity index (χ1) is 8.24. The fourth-order valence-corrected chi connectivity index (χ4v) is 4.27. The zero-order valence-electron chi connectivity index (χ0n) is 11.3. The average molecular weight is 236 g/mol. The van der Waals surface area contributed by atoms with Gasteiger partial charge in [0.2, 0.25) is 0 Å². The molecule has 2 aliphatic carbocycles. The van der Waals surface area contributed by atoms with Gasteiger partial charge in [-0.1, -0.05) is 25.7 Å². The zero-order chi connectivity index (χ0) is 11.8. The lowest BCUT2D eigenvalue weighted by Gasteiger charge is -2.32. The fraction of sp³-hybridized carbons (Fsp3) is 1.00. The van der Waals surface area contributed by atoms with Gasteiger partial charge in [0.15, 0.2) is 0 Å². The van der Waals surface area contributed by atoms with E-state index in [4.69, 9.17) is 5.73 Å². The standard InChI is InChI=1S/C15H28N2/c1-11(8-12-4-2-5-12)17-9-13-6-3-7-15(16)14(13)10-17/h11-15H,2-10,16H2,1H3. The Morgan fingerprint density at radius 3 is 2.53 bits per heavy atom. The van der Waals surface area contributed by atoms with Gasteiger partial charge in [0, 0.05) is 25.2 Å². The Labute approximate surface area is 106 Å². The second kappa shape index (κ2) is 4.89. The van der Waals surface area contributed by atoms with Crippen molar-refractivity contribution >= 4 is 0 Å². The fourth-order valence-electron chi connectivity index (χ4n) is 4.27. The Balaban J connectivity index is 1.54. The van der Waals surface area contributed by atoms with Crippen LogP contribution >= 0.6 is 0 Å². The molecule has 4 unspecified atom stereocenters. The molecule has 3 aliphatic rings. The van der Waals surface area contributed by atoms with Crippen LogP contribution in [0.4, 0.5) is 0 Å². The predicted octanol–water partition coefficient (Wildman–Crippen LogP) is 2.62. The largest absolute Gasteiger partial charge is 0.327 e. The third-order valence-electron chi connectivity index (χ3n) is 5.70. The maximum absolute atomic E-state index is 6.29. The average Bonchev–Trinajstić information content (AvgIpc) is 2.68. The summed E-state index contributed by atoms with van der Waals surface area (Å²) < 4.78 is 0. The van der Waals surface area contributed by atoms with Crippen molar-refractivity contribution in [3.63, 3.8) is 0 Å². The summed E-state index contributed by atoms with van der Waals surface area (Å²) in [7, 11) is 0. The summed E-state index contributed by atoms with van der Waals surface area (Å²) in [6.45, 7) is 5.08. The highest BCUT2D eigenvalue weighted by atomic mass is 15.2. The minimum atomic E-state index is 0.495. The molecular formula is C15H28N2. The van der Waals surface area contributed by atoms with Gasteiger partial charge in [-0.05, 0) is 43.9 Å². The van der Waals surface area contributed by atoms with Crippen molar-refractivity contribution in [2.24, 2.45) is 23.5 Å². The van der Waals surface area contributed by atoms with E-state index >= 15 is 0 Å². The van der Waals surface area contributed by atoms with Crippen molar-refractivity contribution in [2.45, 2.75) is 64.0 Å². The molecule has 0 bridgehead atoms. The van der Waals surface area contributed by atoms with Crippen LogP contribution < -0.4 is 5.73 Å². The third-order valence-corrected chi connectivity index (χ3v) is 5.70. The number of fused-ring (bicyclic) bond motifs is 1. The normalized spacial score (nSPS) is 40.9. The number of likely N-dealkylation sites (tertiary alicyclic amines) is 1. The molecule has 4 atom stereocenters. The summed E-state index contributed by atoms with van der Waals surface area (Å²) >= 11 is 0. The van der Waals surface area contributed by atoms with E-state index < -0.39 is 0 Å². The minimum Gasteiger partial charge on any atom is -0.327 e. The molecule has 2 saturated carbocycles. The van der Waals surface area contributed by atoms with Gasteiger partial charge in [0.1, 0.15) is 0 Å². The molecule has 1 heterocycles. The van der Waals surface area contributed by atoms with E-state index in [-0.39, 0.29) is 0 Å². The summed E-state index contributed by atoms with van der Waals surface area (Å²) in [4.78, 5) is 2.75. The highest BCUT2D eigenvalue weighted by Crippen LogP contribution is 2.38. The van der Waals surface area contributed by atoms with Crippen molar-refractivity contribution in [3.8, 4) is 0 Å². The molecule has 3 rings (SSSR count). The Kier molecular flexibility index (Phi) is 3.45. The number of rotatable bonds is 3. The number of nitrogens with zero attached hydrogens (tertiary/aromatic N) is 1. The summed E-state index contributed by atoms with van der Waals surface area (Å²) in [5.41, 5.74) is 6.29. The lowest BCUT2D eigenvalue weighted by atomic mass is 9.78. The monoisotopic (exact) mass is 236 g/mol. The minimum absolute atomic E-state index is 0.495. The van der Waals surface area contributed by atoms with E-state index in [1.165, 1.54) is 58.0 Å². The zero-order valence-corrected chi connectivity index (χ0v) is 11.3. The summed E-state index contributed by atoms with van der Waals surface area (Å²) in [6.07, 6.45) is 9.97. The van der Waals surface area contributed by atoms with Crippen LogP contribution in [0, 0.1) is 17.8 Å². The molecule has 3 fully saturated rings. The molecule has 17 heavy (non-hydrogen) atoms. The molecule has 0 amide bonds. The molecule has 0 radical (unpaired) electrons. The van der Waals surface area contributed by atoms with Crippen molar-refractivity contribution in [1.82, 2.24) is 4.90 Å². The van der Waals surface area contributed by atoms with Crippen molar-refractivity contribution in [1.29, 1.82) is 0 Å². The molecule has 0 aromatic rings. The molecule has 0 aromatic heterocycles. The molecular weight excluding hydrogens is 208 g/mol. The molecule has 0 spiro atoms. The van der Waals surface area contributed by atoms with Crippen LogP contribution in [0.3, 0.4) is 0 Å². The van der Waals surface area contributed by atoms with E-state index in [0.717, 1.165) is 23.8 Å². The molecule has 2 N–H and O–H groups in total. The van der Waals surface area contributed by atoms with Crippen LogP contribution in [-0.4, -0.2) is 30.1 Å². The van der Waals surface area contributed by atoms with Crippen LogP contribution in [0.5, 0.6) is 0 Å². The number of hydrogen-bond donors (Lipinski definition) is 1. The number of hydrogen-bond acceptors (Lipinski definition) is 2. The van der Waals surface area contributed by atoms with Crippen LogP contribution in [-0.2, 0) is 0 Å². The van der Waals surface area contributed by atoms with Crippen LogP contribution in [0.25, 0.3) is 0 Å². The van der Waals surface area contributed by atoms with Crippen molar-refractivity contribution in [3.05, 3.63) is 0 Å². The van der Waals surface area contributed by atoms with Gasteiger partial charge in [0.05, 0.1) is 0 Å². The van der Waals surface area contributed by atoms with Gasteiger partial charge < -0.3 is 10.6 Å². The van der Waals surface area contributed by atoms with Gasteiger partial charge in [-0.3, -0.25) is 0 Å². The van der Waals surface area contributed by atoms with Gasteiger partial charge >= 0.3 is 0 Å². The van der Waals surface area contributed by atoms with E-state index in [1.54, 1.807) is 0 Å². The quantitative estimate of drug-likeness (QED) is 0.816. The highest BCUT2D eigenvalue weighted by Gasteiger charge is 2.40. The Bertz CT molecular complexity index is 262. The first-order valence-electron chi connectivity index (χ1n) is 7.73. The van der Waals surface area contributed by atoms with E-state index in [0.29, 0.717) is 6.04 Å². The van der Waals surface area contributed by atoms with Gasteiger partial charge in [-0.2, -0.15) is 0 Å². The SMILES string of the molecule is CC(CC1CCC1)N1CC2CCCC(N)C2C1. The van der Waals surface area contributed by atoms with Gasteiger partial charge in [-0.15, -0.1) is 0 Å². The molecule has 2 heteroatoms. The lowest BCUT2D eigenvalue weighted by Crippen LogP contribution is -2.39. The van der Waals surface area contributed by atoms with Crippen molar-refractivity contribution in [2.75, 3.05) is 13.1 Å². The van der Waals surface area contributed by atoms with Crippen LogP contribution in [0.2, 0.25) is 0 Å². The van der Waals surface area contributed by atoms with Crippen LogP contribution in [0.15, 0.2) is 0 Å². The summed E-state index contributed by atoms with van der Waals surface area (Å²) in [5, 5.41) is 0. The Morgan fingerprint density at radius 1 is 1.12 bits per heavy atom. The number of nitrogens with two attached hydrogens (primary N) is 1. The van der Waals surface area contributed by atoms with Crippen LogP contribution in [0.1, 0.15) is 51.9 Å². The van der Waals surface area contributed by atoms with Gasteiger partial charge in [-0.25, -0.2) is 0 Å². The summed E-state index contributed by atoms with van der Waals surface area (Å²) in [5.74, 6) is 2.77. The van der Waals surface area contributed by atoms with Gasteiger partial charge in [0.25, 0.3) is 0 Å². The second-order valence-corrected chi connectivity index (χ2v) is 6.85. The Hall–Kier alpha value is -0.0800. The highest BCUT2D eigenvalue weighted by molar-refractivity contribution is 4.94. The third kappa shape index (κ3) is 2.39.